The summed E-state index contributed by atoms with van der Waals surface area (Å²) in [6.07, 6.45) is 7.93. The summed E-state index contributed by atoms with van der Waals surface area (Å²) in [4.78, 5) is 0.784. The van der Waals surface area contributed by atoms with E-state index >= 15 is 0 Å². The van der Waals surface area contributed by atoms with Crippen LogP contribution in [0.2, 0.25) is 0 Å². The van der Waals surface area contributed by atoms with Gasteiger partial charge in [0, 0.05) is 16.7 Å². The van der Waals surface area contributed by atoms with Crippen LogP contribution in [-0.2, 0) is 0 Å². The van der Waals surface area contributed by atoms with Crippen molar-refractivity contribution in [1.82, 2.24) is 5.32 Å². The van der Waals surface area contributed by atoms with Crippen LogP contribution < -0.4 is 5.32 Å². The molecule has 1 aromatic rings. The van der Waals surface area contributed by atoms with E-state index in [2.05, 4.69) is 12.2 Å². The Balaban J connectivity index is 1.91. The number of halogens is 1. The lowest BCUT2D eigenvalue weighted by Gasteiger charge is -2.31. The third-order valence-corrected chi connectivity index (χ3v) is 5.30. The number of benzene rings is 1. The van der Waals surface area contributed by atoms with E-state index in [1.54, 1.807) is 23.9 Å². The number of nitrogens with one attached hydrogen (secondary N) is 1. The zero-order chi connectivity index (χ0) is 14.2. The zero-order valence-corrected chi connectivity index (χ0v) is 13.2. The summed E-state index contributed by atoms with van der Waals surface area (Å²) >= 11 is 1.66. The molecule has 0 heterocycles. The molecule has 1 N–H and O–H groups in total. The predicted molar refractivity (Wildman–Crippen MR) is 85.8 cm³/mol. The molecule has 0 spiro atoms. The second kappa shape index (κ2) is 8.68. The Morgan fingerprint density at radius 2 is 2.00 bits per heavy atom. The van der Waals surface area contributed by atoms with Crippen molar-refractivity contribution in [2.75, 3.05) is 12.3 Å². The summed E-state index contributed by atoms with van der Waals surface area (Å²) in [6, 6.07) is 7.64. The first-order valence-electron chi connectivity index (χ1n) is 7.92. The van der Waals surface area contributed by atoms with Gasteiger partial charge in [-0.3, -0.25) is 0 Å². The molecular weight excluding hydrogens is 269 g/mol. The van der Waals surface area contributed by atoms with E-state index in [1.165, 1.54) is 32.1 Å². The maximum Gasteiger partial charge on any atom is 0.136 e. The smallest absolute Gasteiger partial charge is 0.136 e. The van der Waals surface area contributed by atoms with Gasteiger partial charge in [-0.2, -0.15) is 0 Å². The Labute approximate surface area is 126 Å². The maximum absolute atomic E-state index is 13.7. The monoisotopic (exact) mass is 295 g/mol. The SMILES string of the molecule is CCCNC(CSc1ccccc1F)C1CCCCC1. The van der Waals surface area contributed by atoms with E-state index < -0.39 is 0 Å². The molecule has 0 radical (unpaired) electrons. The van der Waals surface area contributed by atoms with Crippen molar-refractivity contribution in [2.24, 2.45) is 5.92 Å². The predicted octanol–water partition coefficient (Wildman–Crippen LogP) is 4.87. The molecule has 0 bridgehead atoms. The van der Waals surface area contributed by atoms with Crippen molar-refractivity contribution in [1.29, 1.82) is 0 Å². The molecule has 1 atom stereocenters. The molecular formula is C17H26FNS. The van der Waals surface area contributed by atoms with Gasteiger partial charge in [-0.05, 0) is 43.9 Å². The molecule has 0 saturated heterocycles. The quantitative estimate of drug-likeness (QED) is 0.720. The highest BCUT2D eigenvalue weighted by Gasteiger charge is 2.23. The molecule has 0 amide bonds. The Morgan fingerprint density at radius 1 is 1.25 bits per heavy atom. The average Bonchev–Trinajstić information content (AvgIpc) is 2.50. The van der Waals surface area contributed by atoms with Gasteiger partial charge in [0.2, 0.25) is 0 Å². The fourth-order valence-electron chi connectivity index (χ4n) is 2.97. The summed E-state index contributed by atoms with van der Waals surface area (Å²) in [5.74, 6) is 1.66. The van der Waals surface area contributed by atoms with Crippen LogP contribution in [0, 0.1) is 11.7 Å². The second-order valence-corrected chi connectivity index (χ2v) is 6.76. The largest absolute Gasteiger partial charge is 0.313 e. The van der Waals surface area contributed by atoms with Crippen LogP contribution in [0.4, 0.5) is 4.39 Å². The first-order valence-corrected chi connectivity index (χ1v) is 8.90. The van der Waals surface area contributed by atoms with Gasteiger partial charge >= 0.3 is 0 Å². The molecule has 1 saturated carbocycles. The van der Waals surface area contributed by atoms with Crippen LogP contribution in [0.1, 0.15) is 45.4 Å². The Bertz CT molecular complexity index is 390. The highest BCUT2D eigenvalue weighted by molar-refractivity contribution is 7.99. The van der Waals surface area contributed by atoms with Crippen molar-refractivity contribution < 1.29 is 4.39 Å². The summed E-state index contributed by atoms with van der Waals surface area (Å²) in [7, 11) is 0. The van der Waals surface area contributed by atoms with Gasteiger partial charge in [0.25, 0.3) is 0 Å². The van der Waals surface area contributed by atoms with Gasteiger partial charge in [-0.1, -0.05) is 38.3 Å². The van der Waals surface area contributed by atoms with Crippen molar-refractivity contribution in [2.45, 2.75) is 56.4 Å². The van der Waals surface area contributed by atoms with Crippen LogP contribution in [0.15, 0.2) is 29.2 Å². The number of rotatable bonds is 7. The normalized spacial score (nSPS) is 18.1. The molecule has 1 fully saturated rings. The van der Waals surface area contributed by atoms with Gasteiger partial charge < -0.3 is 5.32 Å². The minimum Gasteiger partial charge on any atom is -0.313 e. The Morgan fingerprint density at radius 3 is 2.70 bits per heavy atom. The maximum atomic E-state index is 13.7. The van der Waals surface area contributed by atoms with Gasteiger partial charge in [-0.25, -0.2) is 4.39 Å². The molecule has 3 heteroatoms. The van der Waals surface area contributed by atoms with Crippen molar-refractivity contribution in [3.8, 4) is 0 Å². The third-order valence-electron chi connectivity index (χ3n) is 4.13. The van der Waals surface area contributed by atoms with E-state index in [4.69, 9.17) is 0 Å². The van der Waals surface area contributed by atoms with Crippen LogP contribution >= 0.6 is 11.8 Å². The summed E-state index contributed by atoms with van der Waals surface area (Å²) in [5.41, 5.74) is 0. The number of hydrogen-bond donors (Lipinski definition) is 1. The minimum atomic E-state index is -0.0876. The molecule has 0 aliphatic heterocycles. The van der Waals surface area contributed by atoms with Crippen LogP contribution in [0.3, 0.4) is 0 Å². The summed E-state index contributed by atoms with van der Waals surface area (Å²) < 4.78 is 13.7. The van der Waals surface area contributed by atoms with Crippen molar-refractivity contribution in [3.05, 3.63) is 30.1 Å². The fourth-order valence-corrected chi connectivity index (χ4v) is 4.10. The topological polar surface area (TPSA) is 12.0 Å². The molecule has 0 aromatic heterocycles. The molecule has 1 aliphatic carbocycles. The van der Waals surface area contributed by atoms with E-state index in [-0.39, 0.29) is 5.82 Å². The van der Waals surface area contributed by atoms with Crippen LogP contribution in [0.25, 0.3) is 0 Å². The van der Waals surface area contributed by atoms with E-state index in [0.29, 0.717) is 6.04 Å². The lowest BCUT2D eigenvalue weighted by molar-refractivity contribution is 0.285. The van der Waals surface area contributed by atoms with E-state index in [1.807, 2.05) is 12.1 Å². The molecule has 2 rings (SSSR count). The van der Waals surface area contributed by atoms with Crippen LogP contribution in [-0.4, -0.2) is 18.3 Å². The average molecular weight is 295 g/mol. The van der Waals surface area contributed by atoms with Crippen molar-refractivity contribution >= 4 is 11.8 Å². The molecule has 1 unspecified atom stereocenters. The molecule has 20 heavy (non-hydrogen) atoms. The molecule has 1 aromatic carbocycles. The zero-order valence-electron chi connectivity index (χ0n) is 12.4. The summed E-state index contributed by atoms with van der Waals surface area (Å²) in [6.45, 7) is 3.27. The molecule has 112 valence electrons. The van der Waals surface area contributed by atoms with Crippen molar-refractivity contribution in [3.63, 3.8) is 0 Å². The molecule has 1 aliphatic rings. The highest BCUT2D eigenvalue weighted by atomic mass is 32.2. The fraction of sp³-hybridized carbons (Fsp3) is 0.647. The first kappa shape index (κ1) is 15.8. The summed E-state index contributed by atoms with van der Waals surface area (Å²) in [5, 5.41) is 3.69. The minimum absolute atomic E-state index is 0.0876. The number of thioether (sulfide) groups is 1. The molecule has 1 nitrogen and oxygen atoms in total. The first-order chi connectivity index (χ1) is 9.81. The lowest BCUT2D eigenvalue weighted by atomic mass is 9.84. The van der Waals surface area contributed by atoms with Gasteiger partial charge in [0.1, 0.15) is 5.82 Å². The number of hydrogen-bond acceptors (Lipinski definition) is 2. The Hall–Kier alpha value is -0.540. The standard InChI is InChI=1S/C17H26FNS/c1-2-12-19-16(14-8-4-3-5-9-14)13-20-17-11-7-6-10-15(17)18/h6-7,10-11,14,16,19H,2-5,8-9,12-13H2,1H3. The highest BCUT2D eigenvalue weighted by Crippen LogP contribution is 2.30. The Kier molecular flexibility index (Phi) is 6.88. The van der Waals surface area contributed by atoms with Gasteiger partial charge in [-0.15, -0.1) is 11.8 Å². The third kappa shape index (κ3) is 4.78. The van der Waals surface area contributed by atoms with Gasteiger partial charge in [0.05, 0.1) is 0 Å². The van der Waals surface area contributed by atoms with E-state index in [9.17, 15) is 4.39 Å². The van der Waals surface area contributed by atoms with Crippen LogP contribution in [0.5, 0.6) is 0 Å². The second-order valence-electron chi connectivity index (χ2n) is 5.70. The van der Waals surface area contributed by atoms with E-state index in [0.717, 1.165) is 29.5 Å². The van der Waals surface area contributed by atoms with Gasteiger partial charge in [0.15, 0.2) is 0 Å². The lowest BCUT2D eigenvalue weighted by Crippen LogP contribution is -2.39.